The molecule has 0 saturated carbocycles. The van der Waals surface area contributed by atoms with Crippen molar-refractivity contribution in [2.24, 2.45) is 0 Å². The maximum atomic E-state index is 13.1. The molecule has 0 bridgehead atoms. The average Bonchev–Trinajstić information content (AvgIpc) is 3.46. The summed E-state index contributed by atoms with van der Waals surface area (Å²) in [4.78, 5) is 38.0. The summed E-state index contributed by atoms with van der Waals surface area (Å²) < 4.78 is 0.923. The van der Waals surface area contributed by atoms with E-state index < -0.39 is 5.97 Å². The van der Waals surface area contributed by atoms with Gasteiger partial charge in [-0.3, -0.25) is 9.69 Å². The molecular formula is C28H25ClN4O3S. The standard InChI is InChI=1S/C28H25ClN4O3S/c1-16-12-22-26(25(21(16)14-24(34)35)17-5-7-19(29)8-6-17)37-27(31-22)18-9-10-30-23(13-18)33-15-20-4-2-3-11-32(20)28(33)36/h5-10,12-13,20H,2-4,11,14-15H2,1H3,(H,34,35). The monoisotopic (exact) mass is 532 g/mol. The molecule has 4 heterocycles. The number of carbonyl (C=O) groups is 2. The average molecular weight is 533 g/mol. The molecule has 4 aromatic rings. The molecule has 7 nitrogen and oxygen atoms in total. The molecule has 6 rings (SSSR count). The van der Waals surface area contributed by atoms with Gasteiger partial charge in [0.05, 0.1) is 22.7 Å². The van der Waals surface area contributed by atoms with Crippen LogP contribution in [0, 0.1) is 6.92 Å². The SMILES string of the molecule is Cc1cc2nc(-c3ccnc(N4CC5CCCCN5C4=O)c3)sc2c(-c2ccc(Cl)cc2)c1CC(=O)O. The fourth-order valence-corrected chi connectivity index (χ4v) is 6.70. The zero-order valence-electron chi connectivity index (χ0n) is 20.3. The van der Waals surface area contributed by atoms with Gasteiger partial charge in [0.1, 0.15) is 10.8 Å². The van der Waals surface area contributed by atoms with Crippen molar-refractivity contribution in [2.75, 3.05) is 18.0 Å². The molecule has 1 N–H and O–H groups in total. The van der Waals surface area contributed by atoms with E-state index in [1.807, 2.05) is 54.3 Å². The van der Waals surface area contributed by atoms with Gasteiger partial charge < -0.3 is 10.0 Å². The van der Waals surface area contributed by atoms with Crippen LogP contribution in [-0.2, 0) is 11.2 Å². The van der Waals surface area contributed by atoms with Crippen LogP contribution >= 0.6 is 22.9 Å². The van der Waals surface area contributed by atoms with Crippen molar-refractivity contribution in [3.05, 3.63) is 64.8 Å². The van der Waals surface area contributed by atoms with Gasteiger partial charge >= 0.3 is 12.0 Å². The van der Waals surface area contributed by atoms with Crippen LogP contribution in [-0.4, -0.2) is 51.1 Å². The molecule has 2 fully saturated rings. The first-order valence-corrected chi connectivity index (χ1v) is 13.5. The number of amides is 2. The van der Waals surface area contributed by atoms with Crippen molar-refractivity contribution in [3.8, 4) is 21.7 Å². The molecule has 37 heavy (non-hydrogen) atoms. The van der Waals surface area contributed by atoms with Crippen LogP contribution < -0.4 is 4.90 Å². The number of rotatable bonds is 5. The van der Waals surface area contributed by atoms with Gasteiger partial charge in [-0.05, 0) is 73.2 Å². The molecule has 2 aliphatic rings. The highest BCUT2D eigenvalue weighted by Crippen LogP contribution is 2.41. The van der Waals surface area contributed by atoms with E-state index in [0.29, 0.717) is 17.4 Å². The quantitative estimate of drug-likeness (QED) is 0.321. The maximum Gasteiger partial charge on any atom is 0.326 e. The first-order chi connectivity index (χ1) is 17.9. The number of aryl methyl sites for hydroxylation is 1. The Morgan fingerprint density at radius 3 is 2.73 bits per heavy atom. The number of pyridine rings is 1. The third-order valence-electron chi connectivity index (χ3n) is 7.24. The van der Waals surface area contributed by atoms with Crippen LogP contribution in [0.4, 0.5) is 10.6 Å². The van der Waals surface area contributed by atoms with Crippen molar-refractivity contribution < 1.29 is 14.7 Å². The molecule has 0 spiro atoms. The second kappa shape index (κ2) is 9.43. The Morgan fingerprint density at radius 1 is 1.16 bits per heavy atom. The van der Waals surface area contributed by atoms with Crippen LogP contribution in [0.2, 0.25) is 5.02 Å². The molecule has 2 aliphatic heterocycles. The van der Waals surface area contributed by atoms with Crippen LogP contribution in [0.3, 0.4) is 0 Å². The van der Waals surface area contributed by atoms with Gasteiger partial charge in [0, 0.05) is 35.4 Å². The van der Waals surface area contributed by atoms with E-state index in [0.717, 1.165) is 68.8 Å². The molecule has 0 aliphatic carbocycles. The third kappa shape index (κ3) is 4.34. The number of aliphatic carboxylic acids is 1. The van der Waals surface area contributed by atoms with Crippen LogP contribution in [0.15, 0.2) is 48.7 Å². The Bertz CT molecular complexity index is 1530. The number of carboxylic acids is 1. The van der Waals surface area contributed by atoms with Gasteiger partial charge in [-0.25, -0.2) is 14.8 Å². The topological polar surface area (TPSA) is 86.6 Å². The summed E-state index contributed by atoms with van der Waals surface area (Å²) in [7, 11) is 0. The number of aromatic nitrogens is 2. The third-order valence-corrected chi connectivity index (χ3v) is 8.63. The first-order valence-electron chi connectivity index (χ1n) is 12.3. The Labute approximate surface area is 223 Å². The normalized spacial score (nSPS) is 17.5. The lowest BCUT2D eigenvalue weighted by Gasteiger charge is -2.27. The number of hydrogen-bond donors (Lipinski definition) is 1. The highest BCUT2D eigenvalue weighted by Gasteiger charge is 2.39. The van der Waals surface area contributed by atoms with E-state index in [1.54, 1.807) is 11.1 Å². The summed E-state index contributed by atoms with van der Waals surface area (Å²) in [5.74, 6) is -0.246. The lowest BCUT2D eigenvalue weighted by Crippen LogP contribution is -2.38. The summed E-state index contributed by atoms with van der Waals surface area (Å²) in [6, 6.07) is 13.5. The van der Waals surface area contributed by atoms with Crippen molar-refractivity contribution in [3.63, 3.8) is 0 Å². The predicted molar refractivity (Wildman–Crippen MR) is 146 cm³/mol. The lowest BCUT2D eigenvalue weighted by molar-refractivity contribution is -0.136. The Kier molecular flexibility index (Phi) is 6.09. The summed E-state index contributed by atoms with van der Waals surface area (Å²) in [5, 5.41) is 11.0. The second-order valence-corrected chi connectivity index (χ2v) is 11.1. The van der Waals surface area contributed by atoms with Gasteiger partial charge in [-0.2, -0.15) is 0 Å². The molecule has 1 unspecified atom stereocenters. The maximum absolute atomic E-state index is 13.1. The number of halogens is 1. The molecule has 9 heteroatoms. The zero-order valence-corrected chi connectivity index (χ0v) is 21.8. The summed E-state index contributed by atoms with van der Waals surface area (Å²) in [6.07, 6.45) is 4.88. The molecule has 2 amide bonds. The highest BCUT2D eigenvalue weighted by atomic mass is 35.5. The number of anilines is 1. The van der Waals surface area contributed by atoms with Crippen molar-refractivity contribution in [2.45, 2.75) is 38.6 Å². The first kappa shape index (κ1) is 23.9. The molecule has 0 radical (unpaired) electrons. The van der Waals surface area contributed by atoms with E-state index in [2.05, 4.69) is 4.98 Å². The summed E-state index contributed by atoms with van der Waals surface area (Å²) in [6.45, 7) is 3.39. The number of carbonyl (C=O) groups excluding carboxylic acids is 1. The van der Waals surface area contributed by atoms with E-state index in [4.69, 9.17) is 16.6 Å². The van der Waals surface area contributed by atoms with Gasteiger partial charge in [-0.15, -0.1) is 11.3 Å². The van der Waals surface area contributed by atoms with Gasteiger partial charge in [0.15, 0.2) is 0 Å². The molecule has 1 atom stereocenters. The number of fused-ring (bicyclic) bond motifs is 2. The minimum Gasteiger partial charge on any atom is -0.481 e. The predicted octanol–water partition coefficient (Wildman–Crippen LogP) is 6.41. The van der Waals surface area contributed by atoms with E-state index in [1.165, 1.54) is 11.3 Å². The van der Waals surface area contributed by atoms with Crippen LogP contribution in [0.5, 0.6) is 0 Å². The van der Waals surface area contributed by atoms with Crippen LogP contribution in [0.25, 0.3) is 31.9 Å². The molecule has 188 valence electrons. The Morgan fingerprint density at radius 2 is 1.97 bits per heavy atom. The number of piperidine rings is 1. The van der Waals surface area contributed by atoms with Crippen molar-refractivity contribution in [1.82, 2.24) is 14.9 Å². The minimum absolute atomic E-state index is 0.0256. The minimum atomic E-state index is -0.882. The van der Waals surface area contributed by atoms with Gasteiger partial charge in [0.2, 0.25) is 0 Å². The number of thiazole rings is 1. The van der Waals surface area contributed by atoms with Crippen LogP contribution in [0.1, 0.15) is 30.4 Å². The summed E-state index contributed by atoms with van der Waals surface area (Å²) >= 11 is 7.65. The fraction of sp³-hybridized carbons (Fsp3) is 0.286. The highest BCUT2D eigenvalue weighted by molar-refractivity contribution is 7.22. The molecule has 2 aromatic heterocycles. The van der Waals surface area contributed by atoms with E-state index in [9.17, 15) is 14.7 Å². The molecule has 2 aromatic carbocycles. The number of carboxylic acid groups (broad SMARTS) is 1. The molecular weight excluding hydrogens is 508 g/mol. The van der Waals surface area contributed by atoms with Gasteiger partial charge in [-0.1, -0.05) is 23.7 Å². The number of urea groups is 1. The van der Waals surface area contributed by atoms with Crippen molar-refractivity contribution in [1.29, 1.82) is 0 Å². The van der Waals surface area contributed by atoms with Crippen molar-refractivity contribution >= 4 is 51.0 Å². The molecule has 2 saturated heterocycles. The second-order valence-electron chi connectivity index (χ2n) is 9.63. The Balaban J connectivity index is 1.44. The number of hydrogen-bond acceptors (Lipinski definition) is 5. The summed E-state index contributed by atoms with van der Waals surface area (Å²) in [5.41, 5.74) is 5.12. The zero-order chi connectivity index (χ0) is 25.7. The van der Waals surface area contributed by atoms with Gasteiger partial charge in [0.25, 0.3) is 0 Å². The Hall–Kier alpha value is -3.49. The largest absolute Gasteiger partial charge is 0.481 e. The van der Waals surface area contributed by atoms with E-state index in [-0.39, 0.29) is 18.5 Å². The number of nitrogens with zero attached hydrogens (tertiary/aromatic N) is 4. The smallest absolute Gasteiger partial charge is 0.326 e. The lowest BCUT2D eigenvalue weighted by atomic mass is 9.93. The number of benzene rings is 2. The van der Waals surface area contributed by atoms with E-state index >= 15 is 0 Å². The fourth-order valence-electron chi connectivity index (χ4n) is 5.44.